The predicted molar refractivity (Wildman–Crippen MR) is 92.4 cm³/mol. The normalized spacial score (nSPS) is 46.2. The SMILES string of the molecule is C=C1C(=O)O[C@H]2[C@H]3O[C@@H](C[C@@H]12)[C@](C)(O)CC/C=C(\C)CCC[C@H]3C. The first-order valence-corrected chi connectivity index (χ1v) is 9.23. The highest BCUT2D eigenvalue weighted by Gasteiger charge is 2.53. The fourth-order valence-corrected chi connectivity index (χ4v) is 4.36. The molecule has 0 radical (unpaired) electrons. The van der Waals surface area contributed by atoms with E-state index in [1.807, 2.05) is 6.92 Å². The first-order valence-electron chi connectivity index (χ1n) is 9.23. The molecular weight excluding hydrogens is 304 g/mol. The maximum absolute atomic E-state index is 12.0. The molecule has 0 aromatic heterocycles. The maximum atomic E-state index is 12.0. The van der Waals surface area contributed by atoms with E-state index in [0.29, 0.717) is 18.4 Å². The molecule has 2 fully saturated rings. The highest BCUT2D eigenvalue weighted by molar-refractivity contribution is 5.90. The number of hydrogen-bond donors (Lipinski definition) is 1. The lowest BCUT2D eigenvalue weighted by molar-refractivity contribution is -0.208. The topological polar surface area (TPSA) is 55.8 Å². The Balaban J connectivity index is 1.90. The minimum absolute atomic E-state index is 0.0320. The van der Waals surface area contributed by atoms with E-state index in [0.717, 1.165) is 25.7 Å². The van der Waals surface area contributed by atoms with Gasteiger partial charge in [0.2, 0.25) is 0 Å². The van der Waals surface area contributed by atoms with Gasteiger partial charge in [-0.3, -0.25) is 0 Å². The maximum Gasteiger partial charge on any atom is 0.334 e. The average molecular weight is 334 g/mol. The second-order valence-electron chi connectivity index (χ2n) is 8.14. The predicted octanol–water partition coefficient (Wildman–Crippen LogP) is 3.54. The summed E-state index contributed by atoms with van der Waals surface area (Å²) in [6.45, 7) is 10.1. The molecule has 0 aromatic carbocycles. The van der Waals surface area contributed by atoms with Gasteiger partial charge < -0.3 is 14.6 Å². The minimum Gasteiger partial charge on any atom is -0.456 e. The molecule has 4 nitrogen and oxygen atoms in total. The van der Waals surface area contributed by atoms with Crippen LogP contribution >= 0.6 is 0 Å². The quantitative estimate of drug-likeness (QED) is 0.418. The number of fused-ring (bicyclic) bond motifs is 4. The van der Waals surface area contributed by atoms with Crippen LogP contribution in [-0.4, -0.2) is 35.0 Å². The van der Waals surface area contributed by atoms with Gasteiger partial charge in [0.05, 0.1) is 17.8 Å². The van der Waals surface area contributed by atoms with Gasteiger partial charge in [0.15, 0.2) is 0 Å². The van der Waals surface area contributed by atoms with Crippen LogP contribution in [0.4, 0.5) is 0 Å². The van der Waals surface area contributed by atoms with Gasteiger partial charge in [-0.05, 0) is 58.3 Å². The van der Waals surface area contributed by atoms with E-state index in [4.69, 9.17) is 9.47 Å². The van der Waals surface area contributed by atoms with Crippen LogP contribution < -0.4 is 0 Å². The molecular formula is C20H30O4. The van der Waals surface area contributed by atoms with E-state index in [9.17, 15) is 9.90 Å². The first kappa shape index (κ1) is 17.7. The lowest BCUT2D eigenvalue weighted by atomic mass is 9.76. The summed E-state index contributed by atoms with van der Waals surface area (Å²) in [5, 5.41) is 11.0. The van der Waals surface area contributed by atoms with E-state index in [1.165, 1.54) is 5.57 Å². The summed E-state index contributed by atoms with van der Waals surface area (Å²) in [7, 11) is 0. The Hall–Kier alpha value is -1.13. The van der Waals surface area contributed by atoms with Crippen molar-refractivity contribution >= 4 is 5.97 Å². The van der Waals surface area contributed by atoms with Gasteiger partial charge in [-0.25, -0.2) is 4.79 Å². The third-order valence-electron chi connectivity index (χ3n) is 6.09. The molecule has 4 heteroatoms. The number of carbonyl (C=O) groups excluding carboxylic acids is 1. The molecule has 2 saturated heterocycles. The zero-order valence-corrected chi connectivity index (χ0v) is 15.1. The molecule has 134 valence electrons. The van der Waals surface area contributed by atoms with E-state index in [1.54, 1.807) is 0 Å². The summed E-state index contributed by atoms with van der Waals surface area (Å²) >= 11 is 0. The lowest BCUT2D eigenvalue weighted by Crippen LogP contribution is -2.54. The fraction of sp³-hybridized carbons (Fsp3) is 0.750. The van der Waals surface area contributed by atoms with Crippen LogP contribution in [0.5, 0.6) is 0 Å². The van der Waals surface area contributed by atoms with E-state index in [-0.39, 0.29) is 36.1 Å². The number of rotatable bonds is 0. The fourth-order valence-electron chi connectivity index (χ4n) is 4.36. The minimum atomic E-state index is -0.912. The first-order chi connectivity index (χ1) is 11.3. The van der Waals surface area contributed by atoms with Crippen molar-refractivity contribution in [2.75, 3.05) is 0 Å². The smallest absolute Gasteiger partial charge is 0.334 e. The number of carbonyl (C=O) groups is 1. The number of aliphatic hydroxyl groups is 1. The third-order valence-corrected chi connectivity index (χ3v) is 6.09. The highest BCUT2D eigenvalue weighted by atomic mass is 16.6. The van der Waals surface area contributed by atoms with Crippen LogP contribution in [0.1, 0.15) is 59.3 Å². The molecule has 6 atom stereocenters. The summed E-state index contributed by atoms with van der Waals surface area (Å²) in [6, 6.07) is 0. The second-order valence-corrected chi connectivity index (χ2v) is 8.14. The Morgan fingerprint density at radius 3 is 2.88 bits per heavy atom. The molecule has 3 rings (SSSR count). The molecule has 24 heavy (non-hydrogen) atoms. The third kappa shape index (κ3) is 3.31. The molecule has 0 amide bonds. The van der Waals surface area contributed by atoms with Crippen LogP contribution in [0.25, 0.3) is 0 Å². The highest BCUT2D eigenvalue weighted by Crippen LogP contribution is 2.44. The second kappa shape index (κ2) is 6.64. The van der Waals surface area contributed by atoms with E-state index < -0.39 is 5.60 Å². The van der Waals surface area contributed by atoms with Gasteiger partial charge >= 0.3 is 5.97 Å². The van der Waals surface area contributed by atoms with Gasteiger partial charge in [0, 0.05) is 11.5 Å². The van der Waals surface area contributed by atoms with Gasteiger partial charge in [0.25, 0.3) is 0 Å². The number of hydrogen-bond acceptors (Lipinski definition) is 4. The summed E-state index contributed by atoms with van der Waals surface area (Å²) in [5.41, 5.74) is 1.03. The molecule has 1 N–H and O–H groups in total. The monoisotopic (exact) mass is 334 g/mol. The Bertz CT molecular complexity index is 548. The Morgan fingerprint density at radius 1 is 1.38 bits per heavy atom. The van der Waals surface area contributed by atoms with Crippen LogP contribution in [0.2, 0.25) is 0 Å². The molecule has 3 aliphatic rings. The van der Waals surface area contributed by atoms with Gasteiger partial charge in [-0.15, -0.1) is 0 Å². The molecule has 2 bridgehead atoms. The van der Waals surface area contributed by atoms with Crippen LogP contribution in [0, 0.1) is 11.8 Å². The summed E-state index contributed by atoms with van der Waals surface area (Å²) < 4.78 is 11.9. The van der Waals surface area contributed by atoms with Gasteiger partial charge in [0.1, 0.15) is 6.10 Å². The summed E-state index contributed by atoms with van der Waals surface area (Å²) in [6.07, 6.45) is 6.87. The largest absolute Gasteiger partial charge is 0.456 e. The Morgan fingerprint density at radius 2 is 2.12 bits per heavy atom. The number of allylic oxidation sites excluding steroid dienone is 2. The zero-order chi connectivity index (χ0) is 17.5. The van der Waals surface area contributed by atoms with Crippen molar-refractivity contribution in [3.63, 3.8) is 0 Å². The summed E-state index contributed by atoms with van der Waals surface area (Å²) in [5.74, 6) is -0.0506. The van der Waals surface area contributed by atoms with Crippen molar-refractivity contribution in [1.29, 1.82) is 0 Å². The lowest BCUT2D eigenvalue weighted by Gasteiger charge is -2.45. The van der Waals surface area contributed by atoms with Crippen molar-refractivity contribution in [1.82, 2.24) is 0 Å². The van der Waals surface area contributed by atoms with Crippen molar-refractivity contribution in [3.8, 4) is 0 Å². The molecule has 0 aliphatic carbocycles. The van der Waals surface area contributed by atoms with Crippen molar-refractivity contribution in [3.05, 3.63) is 23.8 Å². The zero-order valence-electron chi connectivity index (χ0n) is 15.1. The Kier molecular flexibility index (Phi) is 4.89. The van der Waals surface area contributed by atoms with Crippen molar-refractivity contribution in [2.24, 2.45) is 11.8 Å². The van der Waals surface area contributed by atoms with Gasteiger partial charge in [-0.2, -0.15) is 0 Å². The van der Waals surface area contributed by atoms with Crippen LogP contribution in [0.15, 0.2) is 23.8 Å². The standard InChI is InChI=1S/C20H30O4/c1-12-7-5-9-13(2)17-18-15(14(3)19(21)24-18)11-16(23-17)20(4,22)10-6-8-12/h8,13,15-18,22H,3,5-7,9-11H2,1-2,4H3/b12-8+/t13-,15+,16+,17+,18-,20-/m1/s1. The number of ether oxygens (including phenoxy) is 2. The molecule has 0 saturated carbocycles. The van der Waals surface area contributed by atoms with Gasteiger partial charge in [-0.1, -0.05) is 25.2 Å². The molecule has 0 unspecified atom stereocenters. The molecule has 0 aromatic rings. The molecule has 0 spiro atoms. The Labute approximate surface area is 144 Å². The van der Waals surface area contributed by atoms with Crippen LogP contribution in [0.3, 0.4) is 0 Å². The number of esters is 1. The summed E-state index contributed by atoms with van der Waals surface area (Å²) in [4.78, 5) is 12.0. The van der Waals surface area contributed by atoms with Crippen molar-refractivity contribution < 1.29 is 19.4 Å². The van der Waals surface area contributed by atoms with Crippen molar-refractivity contribution in [2.45, 2.75) is 83.2 Å². The van der Waals surface area contributed by atoms with Crippen LogP contribution in [-0.2, 0) is 14.3 Å². The molecule has 3 aliphatic heterocycles. The van der Waals surface area contributed by atoms with E-state index >= 15 is 0 Å². The molecule has 3 heterocycles. The van der Waals surface area contributed by atoms with E-state index in [2.05, 4.69) is 26.5 Å². The average Bonchev–Trinajstić information content (AvgIpc) is 2.80.